The number of sulfonamides is 1. The fourth-order valence-electron chi connectivity index (χ4n) is 2.18. The van der Waals surface area contributed by atoms with Gasteiger partial charge in [-0.1, -0.05) is 17.7 Å². The van der Waals surface area contributed by atoms with E-state index < -0.39 is 40.2 Å². The first-order valence-corrected chi connectivity index (χ1v) is 9.45. The number of carbonyl (C=O) groups is 3. The molecule has 0 aliphatic heterocycles. The Morgan fingerprint density at radius 2 is 1.73 bits per heavy atom. The Hall–Kier alpha value is -2.26. The first-order chi connectivity index (χ1) is 12.1. The van der Waals surface area contributed by atoms with Crippen molar-refractivity contribution in [3.8, 4) is 0 Å². The van der Waals surface area contributed by atoms with Gasteiger partial charge in [0.15, 0.2) is 0 Å². The van der Waals surface area contributed by atoms with Crippen LogP contribution in [0.25, 0.3) is 0 Å². The van der Waals surface area contributed by atoms with E-state index in [4.69, 9.17) is 4.74 Å². The Kier molecular flexibility index (Phi) is 7.91. The average Bonchev–Trinajstić information content (AvgIpc) is 2.61. The number of Topliss-reactive ketones (excluding diaryl/α,β-unsaturated/α-hetero) is 1. The standard InChI is InChI=1S/C17H23NO7S/c1-5-25-16(20)13(3)18(11-10-15(19)17(21)24-4)26(22,23)14-8-6-12(2)7-9-14/h6-9,13H,5,10-11H2,1-4H3/t13-/m1/s1. The van der Waals surface area contributed by atoms with E-state index in [0.717, 1.165) is 17.0 Å². The third-order valence-corrected chi connectivity index (χ3v) is 5.64. The molecular weight excluding hydrogens is 362 g/mol. The van der Waals surface area contributed by atoms with E-state index in [0.29, 0.717) is 0 Å². The molecule has 0 bridgehead atoms. The maximum absolute atomic E-state index is 12.9. The molecule has 0 saturated carbocycles. The average molecular weight is 385 g/mol. The third-order valence-electron chi connectivity index (χ3n) is 3.66. The van der Waals surface area contributed by atoms with Crippen LogP contribution >= 0.6 is 0 Å². The number of methoxy groups -OCH3 is 1. The summed E-state index contributed by atoms with van der Waals surface area (Å²) in [6.45, 7) is 4.51. The van der Waals surface area contributed by atoms with Crippen LogP contribution in [0.3, 0.4) is 0 Å². The maximum atomic E-state index is 12.9. The fraction of sp³-hybridized carbons (Fsp3) is 0.471. The van der Waals surface area contributed by atoms with Crippen molar-refractivity contribution in [1.29, 1.82) is 0 Å². The highest BCUT2D eigenvalue weighted by molar-refractivity contribution is 7.89. The monoisotopic (exact) mass is 385 g/mol. The van der Waals surface area contributed by atoms with Crippen molar-refractivity contribution in [2.75, 3.05) is 20.3 Å². The summed E-state index contributed by atoms with van der Waals surface area (Å²) in [5, 5.41) is 0. The molecule has 0 aliphatic carbocycles. The molecule has 1 atom stereocenters. The van der Waals surface area contributed by atoms with Crippen LogP contribution in [0.15, 0.2) is 29.2 Å². The zero-order valence-electron chi connectivity index (χ0n) is 15.2. The van der Waals surface area contributed by atoms with Crippen molar-refractivity contribution in [2.45, 2.75) is 38.1 Å². The summed E-state index contributed by atoms with van der Waals surface area (Å²) in [5.41, 5.74) is 0.870. The zero-order chi connectivity index (χ0) is 19.9. The lowest BCUT2D eigenvalue weighted by molar-refractivity contribution is -0.151. The number of esters is 2. The van der Waals surface area contributed by atoms with E-state index in [9.17, 15) is 22.8 Å². The van der Waals surface area contributed by atoms with Crippen LogP contribution in [-0.2, 0) is 33.9 Å². The van der Waals surface area contributed by atoms with Gasteiger partial charge in [-0.2, -0.15) is 4.31 Å². The van der Waals surface area contributed by atoms with Gasteiger partial charge in [-0.15, -0.1) is 0 Å². The number of rotatable bonds is 9. The molecule has 0 aromatic heterocycles. The molecule has 0 aliphatic rings. The molecule has 0 spiro atoms. The van der Waals surface area contributed by atoms with Crippen LogP contribution in [0.5, 0.6) is 0 Å². The Bertz CT molecular complexity index is 756. The second kappa shape index (κ2) is 9.44. The minimum absolute atomic E-state index is 0.0234. The SMILES string of the molecule is CCOC(=O)[C@@H](C)N(CCC(=O)C(=O)OC)S(=O)(=O)c1ccc(C)cc1. The number of aryl methyl sites for hydroxylation is 1. The zero-order valence-corrected chi connectivity index (χ0v) is 16.0. The van der Waals surface area contributed by atoms with Gasteiger partial charge < -0.3 is 9.47 Å². The Morgan fingerprint density at radius 3 is 2.23 bits per heavy atom. The molecule has 0 N–H and O–H groups in total. The topological polar surface area (TPSA) is 107 Å². The number of ketones is 1. The van der Waals surface area contributed by atoms with Gasteiger partial charge in [0.1, 0.15) is 6.04 Å². The van der Waals surface area contributed by atoms with Crippen molar-refractivity contribution in [3.05, 3.63) is 29.8 Å². The van der Waals surface area contributed by atoms with Crippen molar-refractivity contribution in [2.24, 2.45) is 0 Å². The maximum Gasteiger partial charge on any atom is 0.374 e. The van der Waals surface area contributed by atoms with E-state index >= 15 is 0 Å². The highest BCUT2D eigenvalue weighted by Gasteiger charge is 2.34. The molecule has 1 rings (SSSR count). The highest BCUT2D eigenvalue weighted by atomic mass is 32.2. The molecular formula is C17H23NO7S. The summed E-state index contributed by atoms with van der Waals surface area (Å²) in [6.07, 6.45) is -0.415. The number of hydrogen-bond acceptors (Lipinski definition) is 7. The van der Waals surface area contributed by atoms with Gasteiger partial charge in [-0.3, -0.25) is 9.59 Å². The van der Waals surface area contributed by atoms with E-state index in [-0.39, 0.29) is 18.0 Å². The Balaban J connectivity index is 3.17. The van der Waals surface area contributed by atoms with Gasteiger partial charge in [-0.05, 0) is 32.9 Å². The minimum Gasteiger partial charge on any atom is -0.465 e. The predicted molar refractivity (Wildman–Crippen MR) is 92.8 cm³/mol. The molecule has 9 heteroatoms. The van der Waals surface area contributed by atoms with Gasteiger partial charge in [-0.25, -0.2) is 13.2 Å². The van der Waals surface area contributed by atoms with E-state index in [1.807, 2.05) is 6.92 Å². The molecule has 0 amide bonds. The molecule has 1 aromatic carbocycles. The molecule has 8 nitrogen and oxygen atoms in total. The highest BCUT2D eigenvalue weighted by Crippen LogP contribution is 2.20. The largest absolute Gasteiger partial charge is 0.465 e. The number of nitrogens with zero attached hydrogens (tertiary/aromatic N) is 1. The number of carbonyl (C=O) groups excluding carboxylic acids is 3. The summed E-state index contributed by atoms with van der Waals surface area (Å²) in [6, 6.07) is 4.92. The van der Waals surface area contributed by atoms with Crippen molar-refractivity contribution >= 4 is 27.7 Å². The molecule has 0 unspecified atom stereocenters. The number of ether oxygens (including phenoxy) is 2. The van der Waals surface area contributed by atoms with Crippen LogP contribution in [0.4, 0.5) is 0 Å². The number of hydrogen-bond donors (Lipinski definition) is 0. The van der Waals surface area contributed by atoms with Crippen LogP contribution in [-0.4, -0.2) is 56.7 Å². The first kappa shape index (κ1) is 21.8. The van der Waals surface area contributed by atoms with E-state index in [1.54, 1.807) is 19.1 Å². The Labute approximate surface area is 153 Å². The van der Waals surface area contributed by atoms with Gasteiger partial charge in [0.05, 0.1) is 18.6 Å². The molecule has 1 aromatic rings. The molecule has 0 fully saturated rings. The Morgan fingerprint density at radius 1 is 1.15 bits per heavy atom. The lowest BCUT2D eigenvalue weighted by Crippen LogP contribution is -2.45. The smallest absolute Gasteiger partial charge is 0.374 e. The van der Waals surface area contributed by atoms with Crippen LogP contribution in [0.2, 0.25) is 0 Å². The van der Waals surface area contributed by atoms with Crippen molar-refractivity contribution in [1.82, 2.24) is 4.31 Å². The minimum atomic E-state index is -4.08. The van der Waals surface area contributed by atoms with E-state index in [1.165, 1.54) is 19.1 Å². The molecule has 0 saturated heterocycles. The second-order valence-electron chi connectivity index (χ2n) is 5.52. The van der Waals surface area contributed by atoms with Crippen LogP contribution < -0.4 is 0 Å². The second-order valence-corrected chi connectivity index (χ2v) is 7.41. The van der Waals surface area contributed by atoms with Crippen LogP contribution in [0.1, 0.15) is 25.8 Å². The molecule has 26 heavy (non-hydrogen) atoms. The van der Waals surface area contributed by atoms with Gasteiger partial charge in [0.2, 0.25) is 15.8 Å². The van der Waals surface area contributed by atoms with Crippen LogP contribution in [0, 0.1) is 6.92 Å². The predicted octanol–water partition coefficient (Wildman–Crippen LogP) is 1.07. The summed E-state index contributed by atoms with van der Waals surface area (Å²) >= 11 is 0. The number of benzene rings is 1. The normalized spacial score (nSPS) is 12.5. The van der Waals surface area contributed by atoms with Gasteiger partial charge >= 0.3 is 11.9 Å². The third kappa shape index (κ3) is 5.37. The molecule has 144 valence electrons. The summed E-state index contributed by atoms with van der Waals surface area (Å²) in [4.78, 5) is 35.0. The van der Waals surface area contributed by atoms with Crippen molar-refractivity contribution in [3.63, 3.8) is 0 Å². The summed E-state index contributed by atoms with van der Waals surface area (Å²) in [7, 11) is -3.02. The van der Waals surface area contributed by atoms with E-state index in [2.05, 4.69) is 4.74 Å². The first-order valence-electron chi connectivity index (χ1n) is 8.01. The van der Waals surface area contributed by atoms with Gasteiger partial charge in [0.25, 0.3) is 0 Å². The summed E-state index contributed by atoms with van der Waals surface area (Å²) < 4.78 is 35.9. The lowest BCUT2D eigenvalue weighted by atomic mass is 10.2. The molecule has 0 heterocycles. The fourth-order valence-corrected chi connectivity index (χ4v) is 3.76. The molecule has 0 radical (unpaired) electrons. The van der Waals surface area contributed by atoms with Crippen molar-refractivity contribution < 1.29 is 32.3 Å². The van der Waals surface area contributed by atoms with Gasteiger partial charge in [0, 0.05) is 13.0 Å². The quantitative estimate of drug-likeness (QED) is 0.462. The summed E-state index contributed by atoms with van der Waals surface area (Å²) in [5.74, 6) is -2.69. The lowest BCUT2D eigenvalue weighted by Gasteiger charge is -2.26.